The molecule has 1 fully saturated rings. The van der Waals surface area contributed by atoms with E-state index in [1.54, 1.807) is 0 Å². The second kappa shape index (κ2) is 7.08. The maximum atomic E-state index is 3.92. The number of hydrogen-bond acceptors (Lipinski definition) is 2. The van der Waals surface area contributed by atoms with E-state index in [0.717, 1.165) is 19.0 Å². The molecule has 0 bridgehead atoms. The lowest BCUT2D eigenvalue weighted by Gasteiger charge is -2.39. The first-order valence-corrected chi connectivity index (χ1v) is 6.74. The highest BCUT2D eigenvalue weighted by molar-refractivity contribution is 4.90. The third-order valence-electron chi connectivity index (χ3n) is 3.47. The Morgan fingerprint density at radius 2 is 2.12 bits per heavy atom. The van der Waals surface area contributed by atoms with Crippen molar-refractivity contribution in [1.29, 1.82) is 0 Å². The maximum absolute atomic E-state index is 3.92. The van der Waals surface area contributed by atoms with E-state index in [1.165, 1.54) is 25.8 Å². The number of piperidine rings is 1. The van der Waals surface area contributed by atoms with Crippen molar-refractivity contribution in [2.24, 2.45) is 5.92 Å². The predicted molar refractivity (Wildman–Crippen MR) is 71.7 cm³/mol. The van der Waals surface area contributed by atoms with Crippen molar-refractivity contribution < 1.29 is 0 Å². The Bertz CT molecular complexity index is 201. The summed E-state index contributed by atoms with van der Waals surface area (Å²) in [5, 5.41) is 3.59. The van der Waals surface area contributed by atoms with Crippen LogP contribution in [0.3, 0.4) is 0 Å². The average Bonchev–Trinajstić information content (AvgIpc) is 2.28. The van der Waals surface area contributed by atoms with Crippen molar-refractivity contribution in [2.75, 3.05) is 19.6 Å². The molecule has 0 saturated carbocycles. The zero-order valence-corrected chi connectivity index (χ0v) is 11.2. The largest absolute Gasteiger partial charge is 0.315 e. The Balaban J connectivity index is 2.37. The summed E-state index contributed by atoms with van der Waals surface area (Å²) in [6.07, 6.45) is 6.14. The van der Waals surface area contributed by atoms with Crippen LogP contribution in [0.15, 0.2) is 12.7 Å². The summed E-state index contributed by atoms with van der Waals surface area (Å²) in [5.74, 6) is 0.744. The van der Waals surface area contributed by atoms with E-state index in [-0.39, 0.29) is 0 Å². The highest BCUT2D eigenvalue weighted by Gasteiger charge is 2.24. The Kier molecular flexibility index (Phi) is 6.07. The number of rotatable bonds is 6. The van der Waals surface area contributed by atoms with Gasteiger partial charge in [0.2, 0.25) is 0 Å². The SMILES string of the molecule is C=CC(C)N1CCCCC1CNCC(C)C. The Labute approximate surface area is 101 Å². The predicted octanol–water partition coefficient (Wildman–Crippen LogP) is 2.66. The van der Waals surface area contributed by atoms with Crippen LogP contribution in [0.2, 0.25) is 0 Å². The molecular weight excluding hydrogens is 196 g/mol. The molecule has 0 aromatic heterocycles. The second-order valence-corrected chi connectivity index (χ2v) is 5.42. The molecule has 0 aromatic carbocycles. The van der Waals surface area contributed by atoms with Crippen LogP contribution in [-0.4, -0.2) is 36.6 Å². The Morgan fingerprint density at radius 1 is 1.38 bits per heavy atom. The molecule has 2 unspecified atom stereocenters. The summed E-state index contributed by atoms with van der Waals surface area (Å²) in [4.78, 5) is 2.60. The number of nitrogens with one attached hydrogen (secondary N) is 1. The van der Waals surface area contributed by atoms with Gasteiger partial charge in [0.25, 0.3) is 0 Å². The van der Waals surface area contributed by atoms with Crippen LogP contribution < -0.4 is 5.32 Å². The third kappa shape index (κ3) is 4.26. The molecule has 2 atom stereocenters. The van der Waals surface area contributed by atoms with Gasteiger partial charge in [0.1, 0.15) is 0 Å². The van der Waals surface area contributed by atoms with Gasteiger partial charge in [0.15, 0.2) is 0 Å². The molecule has 1 rings (SSSR count). The van der Waals surface area contributed by atoms with Crippen molar-refractivity contribution in [3.63, 3.8) is 0 Å². The monoisotopic (exact) mass is 224 g/mol. The minimum Gasteiger partial charge on any atom is -0.315 e. The normalized spacial score (nSPS) is 24.6. The van der Waals surface area contributed by atoms with Crippen molar-refractivity contribution in [2.45, 2.75) is 52.1 Å². The lowest BCUT2D eigenvalue weighted by atomic mass is 10.00. The van der Waals surface area contributed by atoms with Gasteiger partial charge in [0, 0.05) is 18.6 Å². The molecule has 0 radical (unpaired) electrons. The molecule has 0 aliphatic carbocycles. The first kappa shape index (κ1) is 13.7. The molecule has 0 amide bonds. The van der Waals surface area contributed by atoms with E-state index in [2.05, 4.69) is 43.6 Å². The summed E-state index contributed by atoms with van der Waals surface area (Å²) in [5.41, 5.74) is 0. The van der Waals surface area contributed by atoms with Gasteiger partial charge in [-0.15, -0.1) is 6.58 Å². The molecule has 16 heavy (non-hydrogen) atoms. The lowest BCUT2D eigenvalue weighted by molar-refractivity contribution is 0.122. The molecular formula is C14H28N2. The summed E-state index contributed by atoms with van der Waals surface area (Å²) in [7, 11) is 0. The summed E-state index contributed by atoms with van der Waals surface area (Å²) >= 11 is 0. The lowest BCUT2D eigenvalue weighted by Crippen LogP contribution is -2.49. The van der Waals surface area contributed by atoms with Gasteiger partial charge >= 0.3 is 0 Å². The van der Waals surface area contributed by atoms with Gasteiger partial charge in [-0.2, -0.15) is 0 Å². The topological polar surface area (TPSA) is 15.3 Å². The summed E-state index contributed by atoms with van der Waals surface area (Å²) < 4.78 is 0. The average molecular weight is 224 g/mol. The van der Waals surface area contributed by atoms with Gasteiger partial charge in [-0.25, -0.2) is 0 Å². The number of nitrogens with zero attached hydrogens (tertiary/aromatic N) is 1. The van der Waals surface area contributed by atoms with E-state index in [1.807, 2.05) is 0 Å². The molecule has 0 aromatic rings. The molecule has 1 heterocycles. The molecule has 1 aliphatic heterocycles. The highest BCUT2D eigenvalue weighted by atomic mass is 15.2. The van der Waals surface area contributed by atoms with E-state index in [4.69, 9.17) is 0 Å². The van der Waals surface area contributed by atoms with Gasteiger partial charge in [-0.3, -0.25) is 4.90 Å². The first-order chi connectivity index (χ1) is 7.65. The zero-order chi connectivity index (χ0) is 12.0. The zero-order valence-electron chi connectivity index (χ0n) is 11.2. The standard InChI is InChI=1S/C14H28N2/c1-5-13(4)16-9-7-6-8-14(16)11-15-10-12(2)3/h5,12-15H,1,6-11H2,2-4H3. The van der Waals surface area contributed by atoms with Crippen LogP contribution in [0.1, 0.15) is 40.0 Å². The van der Waals surface area contributed by atoms with Crippen molar-refractivity contribution >= 4 is 0 Å². The fraction of sp³-hybridized carbons (Fsp3) is 0.857. The highest BCUT2D eigenvalue weighted by Crippen LogP contribution is 2.19. The summed E-state index contributed by atoms with van der Waals surface area (Å²) in [6, 6.07) is 1.23. The van der Waals surface area contributed by atoms with E-state index in [0.29, 0.717) is 12.1 Å². The quantitative estimate of drug-likeness (QED) is 0.698. The first-order valence-electron chi connectivity index (χ1n) is 6.74. The van der Waals surface area contributed by atoms with Crippen molar-refractivity contribution in [3.05, 3.63) is 12.7 Å². The van der Waals surface area contributed by atoms with Crippen LogP contribution in [0.4, 0.5) is 0 Å². The third-order valence-corrected chi connectivity index (χ3v) is 3.47. The van der Waals surface area contributed by atoms with E-state index >= 15 is 0 Å². The minimum atomic E-state index is 0.520. The number of likely N-dealkylation sites (tertiary alicyclic amines) is 1. The van der Waals surface area contributed by atoms with Crippen molar-refractivity contribution in [1.82, 2.24) is 10.2 Å². The van der Waals surface area contributed by atoms with Crippen LogP contribution in [0.25, 0.3) is 0 Å². The van der Waals surface area contributed by atoms with E-state index in [9.17, 15) is 0 Å². The molecule has 1 N–H and O–H groups in total. The van der Waals surface area contributed by atoms with Crippen LogP contribution in [-0.2, 0) is 0 Å². The van der Waals surface area contributed by atoms with Gasteiger partial charge in [-0.1, -0.05) is 26.3 Å². The van der Waals surface area contributed by atoms with Crippen LogP contribution in [0, 0.1) is 5.92 Å². The Hall–Kier alpha value is -0.340. The van der Waals surface area contributed by atoms with E-state index < -0.39 is 0 Å². The second-order valence-electron chi connectivity index (χ2n) is 5.42. The molecule has 1 saturated heterocycles. The van der Waals surface area contributed by atoms with Crippen molar-refractivity contribution in [3.8, 4) is 0 Å². The molecule has 2 nitrogen and oxygen atoms in total. The van der Waals surface area contributed by atoms with Gasteiger partial charge in [0.05, 0.1) is 0 Å². The molecule has 2 heteroatoms. The van der Waals surface area contributed by atoms with Crippen LogP contribution in [0.5, 0.6) is 0 Å². The summed E-state index contributed by atoms with van der Waals surface area (Å²) in [6.45, 7) is 14.2. The molecule has 0 spiro atoms. The minimum absolute atomic E-state index is 0.520. The van der Waals surface area contributed by atoms with Gasteiger partial charge < -0.3 is 5.32 Å². The molecule has 94 valence electrons. The maximum Gasteiger partial charge on any atom is 0.0250 e. The smallest absolute Gasteiger partial charge is 0.0250 e. The molecule has 1 aliphatic rings. The number of hydrogen-bond donors (Lipinski definition) is 1. The van der Waals surface area contributed by atoms with Gasteiger partial charge in [-0.05, 0) is 38.8 Å². The van der Waals surface area contributed by atoms with Crippen LogP contribution >= 0.6 is 0 Å². The fourth-order valence-electron chi connectivity index (χ4n) is 2.45. The fourth-order valence-corrected chi connectivity index (χ4v) is 2.45. The Morgan fingerprint density at radius 3 is 2.75 bits per heavy atom.